The number of thioether (sulfide) groups is 1. The fraction of sp³-hybridized carbons (Fsp3) is 0.833. The van der Waals surface area contributed by atoms with Gasteiger partial charge in [0.15, 0.2) is 5.16 Å². The lowest BCUT2D eigenvalue weighted by molar-refractivity contribution is -0.121. The Morgan fingerprint density at radius 2 is 1.92 bits per heavy atom. The molecule has 3 saturated carbocycles. The van der Waals surface area contributed by atoms with Crippen molar-refractivity contribution in [1.82, 2.24) is 20.1 Å². The molecule has 3 aliphatic carbocycles. The summed E-state index contributed by atoms with van der Waals surface area (Å²) in [5, 5.41) is 13.0. The van der Waals surface area contributed by atoms with Crippen molar-refractivity contribution in [3.63, 3.8) is 0 Å². The summed E-state index contributed by atoms with van der Waals surface area (Å²) >= 11 is 1.58. The molecule has 1 aromatic rings. The Morgan fingerprint density at radius 3 is 2.58 bits per heavy atom. The molecule has 1 heterocycles. The third kappa shape index (κ3) is 3.48. The number of nitrogens with one attached hydrogen (secondary N) is 1. The molecule has 6 heteroatoms. The lowest BCUT2D eigenvalue weighted by atomic mass is 9.86. The molecule has 0 radical (unpaired) electrons. The van der Waals surface area contributed by atoms with Crippen molar-refractivity contribution in [1.29, 1.82) is 0 Å². The Labute approximate surface area is 148 Å². The van der Waals surface area contributed by atoms with E-state index in [0.717, 1.165) is 17.4 Å². The summed E-state index contributed by atoms with van der Waals surface area (Å²) in [5.41, 5.74) is 0. The van der Waals surface area contributed by atoms with Crippen molar-refractivity contribution in [2.45, 2.75) is 93.6 Å². The van der Waals surface area contributed by atoms with E-state index in [1.165, 1.54) is 44.9 Å². The average molecular weight is 349 g/mol. The minimum Gasteiger partial charge on any atom is -0.352 e. The van der Waals surface area contributed by atoms with Crippen molar-refractivity contribution in [2.75, 3.05) is 0 Å². The van der Waals surface area contributed by atoms with E-state index in [1.807, 2.05) is 6.92 Å². The summed E-state index contributed by atoms with van der Waals surface area (Å²) in [6.07, 6.45) is 9.82. The number of amides is 1. The number of aromatic nitrogens is 3. The van der Waals surface area contributed by atoms with Crippen molar-refractivity contribution in [3.8, 4) is 0 Å². The smallest absolute Gasteiger partial charge is 0.233 e. The molecule has 5 nitrogen and oxygen atoms in total. The Morgan fingerprint density at radius 1 is 1.17 bits per heavy atom. The van der Waals surface area contributed by atoms with Gasteiger partial charge in [-0.25, -0.2) is 0 Å². The maximum absolute atomic E-state index is 12.6. The summed E-state index contributed by atoms with van der Waals surface area (Å²) in [6, 6.07) is 0.921. The van der Waals surface area contributed by atoms with E-state index < -0.39 is 0 Å². The molecule has 3 atom stereocenters. The minimum atomic E-state index is -0.118. The molecule has 3 aliphatic rings. The number of rotatable bonds is 6. The van der Waals surface area contributed by atoms with Crippen LogP contribution in [0.15, 0.2) is 5.16 Å². The zero-order chi connectivity index (χ0) is 16.7. The maximum atomic E-state index is 12.6. The van der Waals surface area contributed by atoms with Gasteiger partial charge in [-0.05, 0) is 51.4 Å². The Kier molecular flexibility index (Phi) is 4.58. The molecule has 132 valence electrons. The van der Waals surface area contributed by atoms with Crippen LogP contribution in [-0.4, -0.2) is 32.0 Å². The first kappa shape index (κ1) is 16.4. The minimum absolute atomic E-state index is 0.118. The zero-order valence-electron chi connectivity index (χ0n) is 14.7. The lowest BCUT2D eigenvalue weighted by Crippen LogP contribution is -2.44. The molecule has 0 spiro atoms. The second-order valence-corrected chi connectivity index (χ2v) is 9.16. The van der Waals surface area contributed by atoms with Crippen LogP contribution in [0.4, 0.5) is 0 Å². The van der Waals surface area contributed by atoms with Gasteiger partial charge in [-0.2, -0.15) is 0 Å². The number of carbonyl (C=O) groups is 1. The Balaban J connectivity index is 1.40. The topological polar surface area (TPSA) is 59.8 Å². The lowest BCUT2D eigenvalue weighted by Gasteiger charge is -2.30. The van der Waals surface area contributed by atoms with Crippen LogP contribution in [0.2, 0.25) is 0 Å². The van der Waals surface area contributed by atoms with Crippen LogP contribution in [0.5, 0.6) is 0 Å². The highest BCUT2D eigenvalue weighted by Crippen LogP contribution is 2.46. The fourth-order valence-electron chi connectivity index (χ4n) is 3.71. The van der Waals surface area contributed by atoms with Crippen LogP contribution >= 0.6 is 11.8 Å². The van der Waals surface area contributed by atoms with E-state index in [9.17, 15) is 4.79 Å². The van der Waals surface area contributed by atoms with Crippen molar-refractivity contribution in [2.24, 2.45) is 5.92 Å². The van der Waals surface area contributed by atoms with Crippen LogP contribution in [-0.2, 0) is 4.79 Å². The molecule has 0 unspecified atom stereocenters. The molecular weight excluding hydrogens is 320 g/mol. The Hall–Kier alpha value is -1.04. The summed E-state index contributed by atoms with van der Waals surface area (Å²) < 4.78 is 2.33. The average Bonchev–Trinajstić information content (AvgIpc) is 3.49. The molecule has 1 amide bonds. The van der Waals surface area contributed by atoms with Crippen LogP contribution in [0.25, 0.3) is 0 Å². The first-order chi connectivity index (χ1) is 11.6. The van der Waals surface area contributed by atoms with E-state index in [2.05, 4.69) is 27.0 Å². The van der Waals surface area contributed by atoms with Crippen molar-refractivity contribution < 1.29 is 4.79 Å². The van der Waals surface area contributed by atoms with Gasteiger partial charge in [0, 0.05) is 18.0 Å². The fourth-order valence-corrected chi connectivity index (χ4v) is 4.64. The quantitative estimate of drug-likeness (QED) is 0.797. The van der Waals surface area contributed by atoms with E-state index in [-0.39, 0.29) is 11.2 Å². The van der Waals surface area contributed by atoms with Crippen molar-refractivity contribution >= 4 is 17.7 Å². The number of nitrogens with zero attached hydrogens (tertiary/aromatic N) is 3. The molecule has 0 aliphatic heterocycles. The monoisotopic (exact) mass is 348 g/mol. The molecule has 4 rings (SSSR count). The molecule has 0 aromatic carbocycles. The molecule has 0 saturated heterocycles. The predicted molar refractivity (Wildman–Crippen MR) is 95.1 cm³/mol. The largest absolute Gasteiger partial charge is 0.352 e. The van der Waals surface area contributed by atoms with Gasteiger partial charge in [0.2, 0.25) is 5.91 Å². The van der Waals surface area contributed by atoms with Crippen LogP contribution in [0, 0.1) is 5.92 Å². The van der Waals surface area contributed by atoms with Crippen molar-refractivity contribution in [3.05, 3.63) is 5.82 Å². The van der Waals surface area contributed by atoms with E-state index >= 15 is 0 Å². The Bertz CT molecular complexity index is 608. The van der Waals surface area contributed by atoms with Crippen LogP contribution < -0.4 is 5.32 Å². The van der Waals surface area contributed by atoms with Gasteiger partial charge in [-0.15, -0.1) is 10.2 Å². The summed E-state index contributed by atoms with van der Waals surface area (Å²) in [7, 11) is 0. The molecular formula is C18H28N4OS. The summed E-state index contributed by atoms with van der Waals surface area (Å²) in [4.78, 5) is 12.6. The highest BCUT2D eigenvalue weighted by atomic mass is 32.2. The summed E-state index contributed by atoms with van der Waals surface area (Å²) in [5.74, 6) is 2.52. The number of carbonyl (C=O) groups excluding carboxylic acids is 1. The van der Waals surface area contributed by atoms with Gasteiger partial charge in [-0.3, -0.25) is 4.79 Å². The highest BCUT2D eigenvalue weighted by Gasteiger charge is 2.37. The van der Waals surface area contributed by atoms with Crippen LogP contribution in [0.1, 0.15) is 83.0 Å². The van der Waals surface area contributed by atoms with E-state index in [1.54, 1.807) is 11.8 Å². The van der Waals surface area contributed by atoms with Gasteiger partial charge < -0.3 is 9.88 Å². The predicted octanol–water partition coefficient (Wildman–Crippen LogP) is 3.67. The van der Waals surface area contributed by atoms with Gasteiger partial charge in [-0.1, -0.05) is 31.5 Å². The maximum Gasteiger partial charge on any atom is 0.233 e. The molecule has 1 N–H and O–H groups in total. The SMILES string of the molecule is C[C@@H]1CCCC[C@@H]1NC(=O)[C@@H](C)Sc1nnc(C2CC2)n1C1CC1. The molecule has 3 fully saturated rings. The first-order valence-corrected chi connectivity index (χ1v) is 10.4. The molecule has 0 bridgehead atoms. The zero-order valence-corrected chi connectivity index (χ0v) is 15.5. The van der Waals surface area contributed by atoms with Gasteiger partial charge >= 0.3 is 0 Å². The standard InChI is InChI=1S/C18H28N4OS/c1-11-5-3-4-6-15(11)19-17(23)12(2)24-18-21-20-16(13-7-8-13)22(18)14-9-10-14/h11-15H,3-10H2,1-2H3,(H,19,23)/t11-,12-,15+/m1/s1. The van der Waals surface area contributed by atoms with Crippen LogP contribution in [0.3, 0.4) is 0 Å². The second kappa shape index (κ2) is 6.70. The molecule has 24 heavy (non-hydrogen) atoms. The first-order valence-electron chi connectivity index (χ1n) is 9.55. The normalized spacial score (nSPS) is 28.6. The third-order valence-corrected chi connectivity index (χ3v) is 6.69. The number of hydrogen-bond acceptors (Lipinski definition) is 4. The van der Waals surface area contributed by atoms with Gasteiger partial charge in [0.25, 0.3) is 0 Å². The second-order valence-electron chi connectivity index (χ2n) is 7.85. The van der Waals surface area contributed by atoms with E-state index in [0.29, 0.717) is 23.9 Å². The van der Waals surface area contributed by atoms with Gasteiger partial charge in [0.1, 0.15) is 5.82 Å². The molecule has 1 aromatic heterocycles. The van der Waals surface area contributed by atoms with E-state index in [4.69, 9.17) is 0 Å². The highest BCUT2D eigenvalue weighted by molar-refractivity contribution is 8.00. The number of hydrogen-bond donors (Lipinski definition) is 1. The van der Waals surface area contributed by atoms with Gasteiger partial charge in [0.05, 0.1) is 5.25 Å². The summed E-state index contributed by atoms with van der Waals surface area (Å²) in [6.45, 7) is 4.25. The third-order valence-electron chi connectivity index (χ3n) is 5.64.